The van der Waals surface area contributed by atoms with Crippen molar-refractivity contribution in [1.29, 1.82) is 0 Å². The highest BCUT2D eigenvalue weighted by molar-refractivity contribution is 5.91. The Bertz CT molecular complexity index is 715. The molecule has 3 rings (SSSR count). The van der Waals surface area contributed by atoms with Crippen LogP contribution in [0.3, 0.4) is 0 Å². The van der Waals surface area contributed by atoms with Gasteiger partial charge < -0.3 is 10.2 Å². The molecule has 2 heterocycles. The van der Waals surface area contributed by atoms with Crippen molar-refractivity contribution in [3.8, 4) is 0 Å². The standard InChI is InChI=1S/C18H21FN4O/c1-22-13-14(12-20-22)2-7-18(24)21-16-8-10-23(11-9-16)17-5-3-15(19)4-6-17/h2-7,12-13,16H,8-11H2,1H3,(H,21,24)/b7-2+. The van der Waals surface area contributed by atoms with E-state index in [0.717, 1.165) is 37.2 Å². The molecule has 1 aliphatic heterocycles. The molecule has 126 valence electrons. The number of amides is 1. The van der Waals surface area contributed by atoms with Crippen LogP contribution in [0.5, 0.6) is 0 Å². The van der Waals surface area contributed by atoms with Crippen molar-refractivity contribution >= 4 is 17.7 Å². The number of hydrogen-bond donors (Lipinski definition) is 1. The van der Waals surface area contributed by atoms with Gasteiger partial charge in [0.15, 0.2) is 0 Å². The summed E-state index contributed by atoms with van der Waals surface area (Å²) in [6, 6.07) is 6.72. The molecule has 6 heteroatoms. The van der Waals surface area contributed by atoms with Crippen LogP contribution in [-0.2, 0) is 11.8 Å². The lowest BCUT2D eigenvalue weighted by atomic mass is 10.0. The molecule has 0 saturated carbocycles. The third-order valence-electron chi connectivity index (χ3n) is 4.19. The molecule has 1 saturated heterocycles. The number of benzene rings is 1. The molecule has 1 aromatic carbocycles. The number of anilines is 1. The molecule has 0 radical (unpaired) electrons. The van der Waals surface area contributed by atoms with Gasteiger partial charge in [0.1, 0.15) is 5.82 Å². The topological polar surface area (TPSA) is 50.2 Å². The van der Waals surface area contributed by atoms with E-state index in [1.807, 2.05) is 13.2 Å². The molecule has 24 heavy (non-hydrogen) atoms. The average Bonchev–Trinajstić information content (AvgIpc) is 3.00. The minimum absolute atomic E-state index is 0.0842. The van der Waals surface area contributed by atoms with Crippen LogP contribution in [-0.4, -0.2) is 34.8 Å². The van der Waals surface area contributed by atoms with Gasteiger partial charge in [0.05, 0.1) is 6.20 Å². The van der Waals surface area contributed by atoms with Crippen molar-refractivity contribution < 1.29 is 9.18 Å². The SMILES string of the molecule is Cn1cc(/C=C/C(=O)NC2CCN(c3ccc(F)cc3)CC2)cn1. The normalized spacial score (nSPS) is 15.8. The van der Waals surface area contributed by atoms with Crippen LogP contribution in [0.2, 0.25) is 0 Å². The van der Waals surface area contributed by atoms with Crippen LogP contribution in [0.4, 0.5) is 10.1 Å². The molecular formula is C18H21FN4O. The molecule has 0 unspecified atom stereocenters. The highest BCUT2D eigenvalue weighted by Gasteiger charge is 2.20. The third-order valence-corrected chi connectivity index (χ3v) is 4.19. The summed E-state index contributed by atoms with van der Waals surface area (Å²) in [4.78, 5) is 14.2. The lowest BCUT2D eigenvalue weighted by Gasteiger charge is -2.33. The molecule has 0 spiro atoms. The molecule has 0 bridgehead atoms. The first-order valence-electron chi connectivity index (χ1n) is 8.08. The molecule has 1 amide bonds. The van der Waals surface area contributed by atoms with Gasteiger partial charge in [-0.1, -0.05) is 0 Å². The Hall–Kier alpha value is -2.63. The lowest BCUT2D eigenvalue weighted by Crippen LogP contribution is -2.44. The number of carbonyl (C=O) groups excluding carboxylic acids is 1. The van der Waals surface area contributed by atoms with Crippen molar-refractivity contribution in [3.05, 3.63) is 54.1 Å². The van der Waals surface area contributed by atoms with Crippen LogP contribution in [0.25, 0.3) is 6.08 Å². The van der Waals surface area contributed by atoms with E-state index in [1.165, 1.54) is 12.1 Å². The molecule has 2 aromatic rings. The molecule has 1 aromatic heterocycles. The van der Waals surface area contributed by atoms with E-state index in [4.69, 9.17) is 0 Å². The van der Waals surface area contributed by atoms with Crippen LogP contribution >= 0.6 is 0 Å². The summed E-state index contributed by atoms with van der Waals surface area (Å²) >= 11 is 0. The van der Waals surface area contributed by atoms with Crippen LogP contribution < -0.4 is 10.2 Å². The summed E-state index contributed by atoms with van der Waals surface area (Å²) in [7, 11) is 1.84. The Kier molecular flexibility index (Phi) is 4.93. The van der Waals surface area contributed by atoms with Crippen LogP contribution in [0, 0.1) is 5.82 Å². The molecule has 5 nitrogen and oxygen atoms in total. The van der Waals surface area contributed by atoms with E-state index in [-0.39, 0.29) is 17.8 Å². The highest BCUT2D eigenvalue weighted by Crippen LogP contribution is 2.20. The minimum Gasteiger partial charge on any atom is -0.371 e. The van der Waals surface area contributed by atoms with E-state index < -0.39 is 0 Å². The van der Waals surface area contributed by atoms with Gasteiger partial charge in [0.2, 0.25) is 5.91 Å². The second kappa shape index (κ2) is 7.29. The highest BCUT2D eigenvalue weighted by atomic mass is 19.1. The summed E-state index contributed by atoms with van der Waals surface area (Å²) in [5.41, 5.74) is 1.93. The number of aromatic nitrogens is 2. The van der Waals surface area contributed by atoms with Crippen molar-refractivity contribution in [2.75, 3.05) is 18.0 Å². The molecule has 1 fully saturated rings. The van der Waals surface area contributed by atoms with Gasteiger partial charge >= 0.3 is 0 Å². The quantitative estimate of drug-likeness (QED) is 0.877. The van der Waals surface area contributed by atoms with Crippen molar-refractivity contribution in [1.82, 2.24) is 15.1 Å². The fourth-order valence-corrected chi connectivity index (χ4v) is 2.88. The first kappa shape index (κ1) is 16.2. The summed E-state index contributed by atoms with van der Waals surface area (Å²) in [6.45, 7) is 1.70. The predicted molar refractivity (Wildman–Crippen MR) is 92.0 cm³/mol. The molecule has 0 atom stereocenters. The molecule has 1 N–H and O–H groups in total. The first-order valence-corrected chi connectivity index (χ1v) is 8.08. The van der Waals surface area contributed by atoms with Crippen molar-refractivity contribution in [2.45, 2.75) is 18.9 Å². The van der Waals surface area contributed by atoms with Crippen molar-refractivity contribution in [2.24, 2.45) is 7.05 Å². The predicted octanol–water partition coefficient (Wildman–Crippen LogP) is 2.36. The zero-order valence-corrected chi connectivity index (χ0v) is 13.7. The van der Waals surface area contributed by atoms with Crippen molar-refractivity contribution in [3.63, 3.8) is 0 Å². The molecular weight excluding hydrogens is 307 g/mol. The van der Waals surface area contributed by atoms with Gasteiger partial charge in [0.25, 0.3) is 0 Å². The van der Waals surface area contributed by atoms with E-state index in [1.54, 1.807) is 35.2 Å². The van der Waals surface area contributed by atoms with Gasteiger partial charge in [-0.25, -0.2) is 4.39 Å². The number of aryl methyl sites for hydroxylation is 1. The minimum atomic E-state index is -0.221. The van der Waals surface area contributed by atoms with Gasteiger partial charge in [-0.2, -0.15) is 5.10 Å². The maximum absolute atomic E-state index is 13.0. The monoisotopic (exact) mass is 328 g/mol. The number of rotatable bonds is 4. The lowest BCUT2D eigenvalue weighted by molar-refractivity contribution is -0.117. The summed E-state index contributed by atoms with van der Waals surface area (Å²) < 4.78 is 14.7. The summed E-state index contributed by atoms with van der Waals surface area (Å²) in [6.07, 6.45) is 8.63. The Balaban J connectivity index is 1.47. The number of piperidine rings is 1. The van der Waals surface area contributed by atoms with Crippen LogP contribution in [0.1, 0.15) is 18.4 Å². The van der Waals surface area contributed by atoms with Gasteiger partial charge in [-0.15, -0.1) is 0 Å². The fourth-order valence-electron chi connectivity index (χ4n) is 2.88. The Morgan fingerprint density at radius 1 is 1.29 bits per heavy atom. The van der Waals surface area contributed by atoms with E-state index in [2.05, 4.69) is 15.3 Å². The zero-order valence-electron chi connectivity index (χ0n) is 13.7. The number of hydrogen-bond acceptors (Lipinski definition) is 3. The van der Waals surface area contributed by atoms with Gasteiger partial charge in [0, 0.05) is 49.7 Å². The summed E-state index contributed by atoms with van der Waals surface area (Å²) in [5.74, 6) is -0.305. The Morgan fingerprint density at radius 2 is 2.00 bits per heavy atom. The number of halogens is 1. The zero-order chi connectivity index (χ0) is 16.9. The maximum Gasteiger partial charge on any atom is 0.244 e. The van der Waals surface area contributed by atoms with Gasteiger partial charge in [-0.05, 0) is 43.2 Å². The molecule has 1 aliphatic rings. The second-order valence-corrected chi connectivity index (χ2v) is 6.03. The number of nitrogens with zero attached hydrogens (tertiary/aromatic N) is 3. The molecule has 0 aliphatic carbocycles. The third kappa shape index (κ3) is 4.22. The fraction of sp³-hybridized carbons (Fsp3) is 0.333. The Morgan fingerprint density at radius 3 is 2.62 bits per heavy atom. The maximum atomic E-state index is 13.0. The van der Waals surface area contributed by atoms with Gasteiger partial charge in [-0.3, -0.25) is 9.48 Å². The number of carbonyl (C=O) groups is 1. The Labute approximate surface area is 140 Å². The average molecular weight is 328 g/mol. The van der Waals surface area contributed by atoms with E-state index >= 15 is 0 Å². The van der Waals surface area contributed by atoms with Crippen LogP contribution in [0.15, 0.2) is 42.7 Å². The number of nitrogens with one attached hydrogen (secondary N) is 1. The van der Waals surface area contributed by atoms with E-state index in [0.29, 0.717) is 0 Å². The smallest absolute Gasteiger partial charge is 0.244 e. The first-order chi connectivity index (χ1) is 11.6. The summed E-state index contributed by atoms with van der Waals surface area (Å²) in [5, 5.41) is 7.09. The largest absolute Gasteiger partial charge is 0.371 e. The second-order valence-electron chi connectivity index (χ2n) is 6.03. The van der Waals surface area contributed by atoms with E-state index in [9.17, 15) is 9.18 Å².